The Morgan fingerprint density at radius 2 is 2.05 bits per heavy atom. The first-order valence-electron chi connectivity index (χ1n) is 8.47. The average Bonchev–Trinajstić information content (AvgIpc) is 2.97. The summed E-state index contributed by atoms with van der Waals surface area (Å²) >= 11 is 0. The van der Waals surface area contributed by atoms with Crippen LogP contribution in [-0.4, -0.2) is 25.1 Å². The van der Waals surface area contributed by atoms with E-state index in [4.69, 9.17) is 4.74 Å². The topological polar surface area (TPSA) is 50.4 Å². The molecule has 4 heteroatoms. The first-order valence-corrected chi connectivity index (χ1v) is 8.47. The van der Waals surface area contributed by atoms with Gasteiger partial charge in [-0.15, -0.1) is 0 Å². The van der Waals surface area contributed by atoms with Crippen molar-refractivity contribution in [3.63, 3.8) is 0 Å². The van der Waals surface area contributed by atoms with Gasteiger partial charge in [0.05, 0.1) is 6.10 Å². The Hall–Kier alpha value is -1.55. The molecule has 1 aromatic carbocycles. The number of benzene rings is 1. The molecule has 1 unspecified atom stereocenters. The molecule has 2 fully saturated rings. The quantitative estimate of drug-likeness (QED) is 0.849. The molecular formula is C18H26N2O2. The molecule has 0 spiro atoms. The molecule has 120 valence electrons. The molecule has 1 atom stereocenters. The summed E-state index contributed by atoms with van der Waals surface area (Å²) in [7, 11) is 0. The third kappa shape index (κ3) is 3.61. The molecule has 1 saturated heterocycles. The van der Waals surface area contributed by atoms with Crippen LogP contribution in [0.15, 0.2) is 24.3 Å². The third-order valence-electron chi connectivity index (χ3n) is 4.96. The SMILES string of the molecule is CC(C(=O)NCc1ccccc1OC1CCCC1)C1CNC1. The zero-order valence-electron chi connectivity index (χ0n) is 13.3. The molecule has 3 rings (SSSR count). The second-order valence-corrected chi connectivity index (χ2v) is 6.56. The Labute approximate surface area is 132 Å². The summed E-state index contributed by atoms with van der Waals surface area (Å²) < 4.78 is 6.12. The Bertz CT molecular complexity index is 508. The molecule has 2 N–H and O–H groups in total. The monoisotopic (exact) mass is 302 g/mol. The Morgan fingerprint density at radius 1 is 1.32 bits per heavy atom. The van der Waals surface area contributed by atoms with Crippen LogP contribution < -0.4 is 15.4 Å². The van der Waals surface area contributed by atoms with Gasteiger partial charge in [-0.2, -0.15) is 0 Å². The molecule has 2 aliphatic rings. The number of carbonyl (C=O) groups is 1. The van der Waals surface area contributed by atoms with Gasteiger partial charge in [0, 0.05) is 18.0 Å². The van der Waals surface area contributed by atoms with Gasteiger partial charge in [0.15, 0.2) is 0 Å². The highest BCUT2D eigenvalue weighted by Crippen LogP contribution is 2.26. The van der Waals surface area contributed by atoms with Crippen molar-refractivity contribution < 1.29 is 9.53 Å². The second-order valence-electron chi connectivity index (χ2n) is 6.56. The van der Waals surface area contributed by atoms with Crippen molar-refractivity contribution in [1.82, 2.24) is 10.6 Å². The fraction of sp³-hybridized carbons (Fsp3) is 0.611. The number of carbonyl (C=O) groups excluding carboxylic acids is 1. The Morgan fingerprint density at radius 3 is 2.73 bits per heavy atom. The highest BCUT2D eigenvalue weighted by atomic mass is 16.5. The number of amides is 1. The fourth-order valence-electron chi connectivity index (χ4n) is 3.17. The number of hydrogen-bond acceptors (Lipinski definition) is 3. The van der Waals surface area contributed by atoms with Gasteiger partial charge < -0.3 is 15.4 Å². The van der Waals surface area contributed by atoms with Crippen LogP contribution in [0.2, 0.25) is 0 Å². The van der Waals surface area contributed by atoms with Gasteiger partial charge in [-0.05, 0) is 50.8 Å². The second kappa shape index (κ2) is 7.14. The van der Waals surface area contributed by atoms with Crippen molar-refractivity contribution >= 4 is 5.91 Å². The maximum absolute atomic E-state index is 12.2. The Kier molecular flexibility index (Phi) is 4.98. The van der Waals surface area contributed by atoms with Gasteiger partial charge in [-0.25, -0.2) is 0 Å². The lowest BCUT2D eigenvalue weighted by Gasteiger charge is -2.31. The van der Waals surface area contributed by atoms with Gasteiger partial charge >= 0.3 is 0 Å². The fourth-order valence-corrected chi connectivity index (χ4v) is 3.17. The van der Waals surface area contributed by atoms with Gasteiger partial charge in [0.25, 0.3) is 0 Å². The highest BCUT2D eigenvalue weighted by Gasteiger charge is 2.28. The van der Waals surface area contributed by atoms with E-state index in [0.717, 1.165) is 37.2 Å². The summed E-state index contributed by atoms with van der Waals surface area (Å²) in [5.41, 5.74) is 1.07. The van der Waals surface area contributed by atoms with Crippen LogP contribution >= 0.6 is 0 Å². The van der Waals surface area contributed by atoms with E-state index in [1.165, 1.54) is 12.8 Å². The van der Waals surface area contributed by atoms with E-state index in [-0.39, 0.29) is 11.8 Å². The first kappa shape index (κ1) is 15.3. The van der Waals surface area contributed by atoms with Gasteiger partial charge in [-0.1, -0.05) is 25.1 Å². The van der Waals surface area contributed by atoms with Crippen LogP contribution in [-0.2, 0) is 11.3 Å². The van der Waals surface area contributed by atoms with E-state index < -0.39 is 0 Å². The minimum atomic E-state index is 0.0733. The summed E-state index contributed by atoms with van der Waals surface area (Å²) in [6.45, 7) is 4.47. The van der Waals surface area contributed by atoms with Crippen molar-refractivity contribution in [3.8, 4) is 5.75 Å². The van der Waals surface area contributed by atoms with Gasteiger partial charge in [-0.3, -0.25) is 4.79 Å². The Balaban J connectivity index is 1.56. The predicted octanol–water partition coefficient (Wildman–Crippen LogP) is 2.48. The normalized spacial score (nSPS) is 20.4. The number of hydrogen-bond donors (Lipinski definition) is 2. The molecule has 0 aromatic heterocycles. The van der Waals surface area contributed by atoms with Crippen LogP contribution in [0.5, 0.6) is 5.75 Å². The number of para-hydroxylation sites is 1. The van der Waals surface area contributed by atoms with E-state index in [1.807, 2.05) is 31.2 Å². The van der Waals surface area contributed by atoms with Crippen LogP contribution in [0, 0.1) is 11.8 Å². The third-order valence-corrected chi connectivity index (χ3v) is 4.96. The molecule has 22 heavy (non-hydrogen) atoms. The minimum absolute atomic E-state index is 0.0733. The van der Waals surface area contributed by atoms with E-state index >= 15 is 0 Å². The molecule has 1 aromatic rings. The van der Waals surface area contributed by atoms with Crippen LogP contribution in [0.25, 0.3) is 0 Å². The highest BCUT2D eigenvalue weighted by molar-refractivity contribution is 5.78. The molecular weight excluding hydrogens is 276 g/mol. The molecule has 1 aliphatic heterocycles. The van der Waals surface area contributed by atoms with Gasteiger partial charge in [0.2, 0.25) is 5.91 Å². The summed E-state index contributed by atoms with van der Waals surface area (Å²) in [6, 6.07) is 8.06. The molecule has 1 heterocycles. The van der Waals surface area contributed by atoms with Gasteiger partial charge in [0.1, 0.15) is 5.75 Å². The van der Waals surface area contributed by atoms with Crippen molar-refractivity contribution in [2.45, 2.75) is 45.3 Å². The predicted molar refractivity (Wildman–Crippen MR) is 86.7 cm³/mol. The number of rotatable bonds is 6. The van der Waals surface area contributed by atoms with Crippen molar-refractivity contribution in [2.24, 2.45) is 11.8 Å². The maximum atomic E-state index is 12.2. The van der Waals surface area contributed by atoms with Crippen LogP contribution in [0.3, 0.4) is 0 Å². The minimum Gasteiger partial charge on any atom is -0.490 e. The van der Waals surface area contributed by atoms with Crippen molar-refractivity contribution in [3.05, 3.63) is 29.8 Å². The van der Waals surface area contributed by atoms with Crippen LogP contribution in [0.1, 0.15) is 38.2 Å². The lowest BCUT2D eigenvalue weighted by molar-refractivity contribution is -0.126. The molecule has 0 radical (unpaired) electrons. The van der Waals surface area contributed by atoms with Crippen molar-refractivity contribution in [1.29, 1.82) is 0 Å². The average molecular weight is 302 g/mol. The van der Waals surface area contributed by atoms with E-state index in [2.05, 4.69) is 10.6 Å². The van der Waals surface area contributed by atoms with E-state index in [1.54, 1.807) is 0 Å². The maximum Gasteiger partial charge on any atom is 0.223 e. The lowest BCUT2D eigenvalue weighted by atomic mass is 9.88. The van der Waals surface area contributed by atoms with E-state index in [0.29, 0.717) is 18.6 Å². The molecule has 1 saturated carbocycles. The molecule has 1 aliphatic carbocycles. The van der Waals surface area contributed by atoms with Crippen molar-refractivity contribution in [2.75, 3.05) is 13.1 Å². The number of nitrogens with one attached hydrogen (secondary N) is 2. The zero-order chi connectivity index (χ0) is 15.4. The molecule has 4 nitrogen and oxygen atoms in total. The number of ether oxygens (including phenoxy) is 1. The van der Waals surface area contributed by atoms with E-state index in [9.17, 15) is 4.79 Å². The zero-order valence-corrected chi connectivity index (χ0v) is 13.3. The first-order chi connectivity index (χ1) is 10.7. The summed E-state index contributed by atoms with van der Waals surface area (Å²) in [6.07, 6.45) is 5.16. The summed E-state index contributed by atoms with van der Waals surface area (Å²) in [4.78, 5) is 12.2. The largest absolute Gasteiger partial charge is 0.490 e. The lowest BCUT2D eigenvalue weighted by Crippen LogP contribution is -2.49. The summed E-state index contributed by atoms with van der Waals surface area (Å²) in [5.74, 6) is 1.61. The standard InChI is InChI=1S/C18H26N2O2/c1-13(15-10-19-11-15)18(21)20-12-14-6-2-5-9-17(14)22-16-7-3-4-8-16/h2,5-6,9,13,15-16,19H,3-4,7-8,10-12H2,1H3,(H,20,21). The summed E-state index contributed by atoms with van der Waals surface area (Å²) in [5, 5.41) is 6.29. The molecule has 1 amide bonds. The smallest absolute Gasteiger partial charge is 0.223 e. The molecule has 0 bridgehead atoms. The van der Waals surface area contributed by atoms with Crippen LogP contribution in [0.4, 0.5) is 0 Å².